The predicted molar refractivity (Wildman–Crippen MR) is 67.4 cm³/mol. The average molecular weight is 280 g/mol. The largest absolute Gasteiger partial charge is 0.392 e. The molecule has 0 heterocycles. The second kappa shape index (κ2) is 7.12. The van der Waals surface area contributed by atoms with Gasteiger partial charge in [0.05, 0.1) is 5.92 Å². The van der Waals surface area contributed by atoms with Crippen molar-refractivity contribution >= 4 is 5.91 Å². The molecular weight excluding hydrogens is 257 g/mol. The van der Waals surface area contributed by atoms with E-state index in [1.165, 1.54) is 0 Å². The van der Waals surface area contributed by atoms with Crippen molar-refractivity contribution in [2.75, 3.05) is 6.54 Å². The number of nitrogens with two attached hydrogens (primary N) is 1. The van der Waals surface area contributed by atoms with Crippen molar-refractivity contribution < 1.29 is 18.0 Å². The maximum Gasteiger partial charge on any atom is 0.392 e. The molecule has 0 saturated heterocycles. The van der Waals surface area contributed by atoms with Gasteiger partial charge in [-0.15, -0.1) is 0 Å². The summed E-state index contributed by atoms with van der Waals surface area (Å²) in [6.45, 7) is 2.23. The Kier molecular flexibility index (Phi) is 6.10. The van der Waals surface area contributed by atoms with Gasteiger partial charge in [-0.3, -0.25) is 4.79 Å². The first-order valence-electron chi connectivity index (χ1n) is 6.96. The molecule has 1 aliphatic rings. The van der Waals surface area contributed by atoms with Crippen LogP contribution in [0.2, 0.25) is 0 Å². The molecule has 1 amide bonds. The fraction of sp³-hybridized carbons (Fsp3) is 0.923. The number of hydrogen-bond acceptors (Lipinski definition) is 2. The zero-order chi connectivity index (χ0) is 14.5. The van der Waals surface area contributed by atoms with E-state index in [4.69, 9.17) is 5.73 Å². The summed E-state index contributed by atoms with van der Waals surface area (Å²) in [7, 11) is 0. The molecule has 0 aromatic carbocycles. The van der Waals surface area contributed by atoms with Crippen LogP contribution in [0.5, 0.6) is 0 Å². The van der Waals surface area contributed by atoms with E-state index in [2.05, 4.69) is 5.32 Å². The fourth-order valence-corrected chi connectivity index (χ4v) is 2.67. The van der Waals surface area contributed by atoms with E-state index in [0.717, 1.165) is 12.8 Å². The minimum absolute atomic E-state index is 0.0581. The maximum absolute atomic E-state index is 12.9. The molecule has 1 rings (SSSR count). The van der Waals surface area contributed by atoms with Crippen molar-refractivity contribution in [3.05, 3.63) is 0 Å². The van der Waals surface area contributed by atoms with Gasteiger partial charge < -0.3 is 11.1 Å². The second-order valence-corrected chi connectivity index (χ2v) is 5.33. The van der Waals surface area contributed by atoms with Crippen LogP contribution in [0.25, 0.3) is 0 Å². The maximum atomic E-state index is 12.9. The average Bonchev–Trinajstić information content (AvgIpc) is 2.35. The Bertz CT molecular complexity index is 294. The van der Waals surface area contributed by atoms with Crippen molar-refractivity contribution in [2.45, 2.75) is 57.7 Å². The van der Waals surface area contributed by atoms with Crippen LogP contribution in [-0.4, -0.2) is 24.7 Å². The highest BCUT2D eigenvalue weighted by Gasteiger charge is 2.47. The van der Waals surface area contributed by atoms with Crippen molar-refractivity contribution in [1.29, 1.82) is 0 Å². The number of carbonyl (C=O) groups excluding carboxylic acids is 1. The highest BCUT2D eigenvalue weighted by Crippen LogP contribution is 2.41. The summed E-state index contributed by atoms with van der Waals surface area (Å²) in [5, 5.41) is 2.58. The standard InChI is InChI=1S/C13H23F3N2O/c1-2-5-9(17)8-18-12(19)10-6-3-4-7-11(10)13(14,15)16/h9-11H,2-8,17H2,1H3,(H,18,19). The van der Waals surface area contributed by atoms with E-state index in [9.17, 15) is 18.0 Å². The summed E-state index contributed by atoms with van der Waals surface area (Å²) in [5.41, 5.74) is 5.75. The molecule has 112 valence electrons. The summed E-state index contributed by atoms with van der Waals surface area (Å²) in [4.78, 5) is 11.9. The third kappa shape index (κ3) is 5.01. The Hall–Kier alpha value is -0.780. The van der Waals surface area contributed by atoms with E-state index in [1.807, 2.05) is 6.92 Å². The van der Waals surface area contributed by atoms with Crippen LogP contribution in [-0.2, 0) is 4.79 Å². The molecule has 1 aliphatic carbocycles. The monoisotopic (exact) mass is 280 g/mol. The van der Waals surface area contributed by atoms with Gasteiger partial charge in [0.15, 0.2) is 0 Å². The van der Waals surface area contributed by atoms with Gasteiger partial charge in [-0.25, -0.2) is 0 Å². The topological polar surface area (TPSA) is 55.1 Å². The van der Waals surface area contributed by atoms with Crippen LogP contribution in [0.4, 0.5) is 13.2 Å². The molecule has 0 aromatic heterocycles. The predicted octanol–water partition coefficient (Wildman–Crippen LogP) is 2.60. The Labute approximate surface area is 112 Å². The summed E-state index contributed by atoms with van der Waals surface area (Å²) in [6, 6.07) is -0.179. The van der Waals surface area contributed by atoms with Crippen LogP contribution in [0.15, 0.2) is 0 Å². The molecule has 3 unspecified atom stereocenters. The van der Waals surface area contributed by atoms with Crippen LogP contribution in [0.1, 0.15) is 45.4 Å². The van der Waals surface area contributed by atoms with Crippen molar-refractivity contribution in [2.24, 2.45) is 17.6 Å². The number of carbonyl (C=O) groups is 1. The van der Waals surface area contributed by atoms with E-state index >= 15 is 0 Å². The number of hydrogen-bond donors (Lipinski definition) is 2. The molecule has 3 nitrogen and oxygen atoms in total. The molecule has 0 spiro atoms. The molecule has 0 aromatic rings. The highest BCUT2D eigenvalue weighted by atomic mass is 19.4. The van der Waals surface area contributed by atoms with Gasteiger partial charge in [0.2, 0.25) is 5.91 Å². The van der Waals surface area contributed by atoms with Crippen LogP contribution >= 0.6 is 0 Å². The zero-order valence-corrected chi connectivity index (χ0v) is 11.3. The SMILES string of the molecule is CCCC(N)CNC(=O)C1CCCCC1C(F)(F)F. The van der Waals surface area contributed by atoms with Crippen molar-refractivity contribution in [3.63, 3.8) is 0 Å². The van der Waals surface area contributed by atoms with Gasteiger partial charge in [-0.05, 0) is 19.3 Å². The molecule has 3 N–H and O–H groups in total. The lowest BCUT2D eigenvalue weighted by Crippen LogP contribution is -2.45. The summed E-state index contributed by atoms with van der Waals surface area (Å²) in [6.07, 6.45) is -1.02. The smallest absolute Gasteiger partial charge is 0.354 e. The van der Waals surface area contributed by atoms with E-state index in [1.54, 1.807) is 0 Å². The molecule has 0 bridgehead atoms. The summed E-state index contributed by atoms with van der Waals surface area (Å²) < 4.78 is 38.6. The van der Waals surface area contributed by atoms with Gasteiger partial charge in [0, 0.05) is 18.5 Å². The van der Waals surface area contributed by atoms with E-state index < -0.39 is 23.9 Å². The number of halogens is 3. The lowest BCUT2D eigenvalue weighted by molar-refractivity contribution is -0.198. The highest BCUT2D eigenvalue weighted by molar-refractivity contribution is 5.79. The van der Waals surface area contributed by atoms with Crippen LogP contribution < -0.4 is 11.1 Å². The molecule has 19 heavy (non-hydrogen) atoms. The minimum Gasteiger partial charge on any atom is -0.354 e. The number of alkyl halides is 3. The van der Waals surface area contributed by atoms with E-state index in [-0.39, 0.29) is 19.0 Å². The normalized spacial score (nSPS) is 25.9. The number of rotatable bonds is 5. The van der Waals surface area contributed by atoms with Gasteiger partial charge in [-0.1, -0.05) is 26.2 Å². The first kappa shape index (κ1) is 16.3. The van der Waals surface area contributed by atoms with Crippen LogP contribution in [0, 0.1) is 11.8 Å². The summed E-state index contributed by atoms with van der Waals surface area (Å²) in [5.74, 6) is -2.93. The zero-order valence-electron chi connectivity index (χ0n) is 11.3. The minimum atomic E-state index is -4.28. The Balaban J connectivity index is 2.53. The first-order valence-corrected chi connectivity index (χ1v) is 6.96. The Morgan fingerprint density at radius 3 is 2.58 bits per heavy atom. The molecule has 0 aliphatic heterocycles. The van der Waals surface area contributed by atoms with Gasteiger partial charge >= 0.3 is 6.18 Å². The van der Waals surface area contributed by atoms with E-state index in [0.29, 0.717) is 19.3 Å². The van der Waals surface area contributed by atoms with Crippen molar-refractivity contribution in [1.82, 2.24) is 5.32 Å². The molecule has 1 saturated carbocycles. The molecular formula is C13H23F3N2O. The van der Waals surface area contributed by atoms with Crippen LogP contribution in [0.3, 0.4) is 0 Å². The Morgan fingerprint density at radius 2 is 2.00 bits per heavy atom. The third-order valence-electron chi connectivity index (χ3n) is 3.72. The van der Waals surface area contributed by atoms with Gasteiger partial charge in [0.25, 0.3) is 0 Å². The second-order valence-electron chi connectivity index (χ2n) is 5.33. The number of nitrogens with one attached hydrogen (secondary N) is 1. The molecule has 3 atom stereocenters. The number of amides is 1. The fourth-order valence-electron chi connectivity index (χ4n) is 2.67. The summed E-state index contributed by atoms with van der Waals surface area (Å²) >= 11 is 0. The third-order valence-corrected chi connectivity index (χ3v) is 3.72. The molecule has 0 radical (unpaired) electrons. The Morgan fingerprint density at radius 1 is 1.37 bits per heavy atom. The van der Waals surface area contributed by atoms with Crippen molar-refractivity contribution in [3.8, 4) is 0 Å². The first-order chi connectivity index (χ1) is 8.86. The quantitative estimate of drug-likeness (QED) is 0.813. The van der Waals surface area contributed by atoms with Gasteiger partial charge in [-0.2, -0.15) is 13.2 Å². The lowest BCUT2D eigenvalue weighted by atomic mass is 9.78. The molecule has 1 fully saturated rings. The van der Waals surface area contributed by atoms with Gasteiger partial charge in [0.1, 0.15) is 0 Å². The lowest BCUT2D eigenvalue weighted by Gasteiger charge is -2.32. The molecule has 6 heteroatoms.